The minimum absolute atomic E-state index is 0.00373. The topological polar surface area (TPSA) is 81.9 Å². The van der Waals surface area contributed by atoms with E-state index in [2.05, 4.69) is 15.4 Å². The molecule has 0 fully saturated rings. The van der Waals surface area contributed by atoms with Crippen molar-refractivity contribution in [3.63, 3.8) is 0 Å². The number of hydrogen-bond donors (Lipinski definition) is 2. The van der Waals surface area contributed by atoms with Gasteiger partial charge in [0.2, 0.25) is 11.9 Å². The maximum atomic E-state index is 6.14. The molecule has 2 atom stereocenters. The molecule has 0 radical (unpaired) electrons. The van der Waals surface area contributed by atoms with Crippen molar-refractivity contribution in [2.45, 2.75) is 18.5 Å². The summed E-state index contributed by atoms with van der Waals surface area (Å²) in [7, 11) is 0. The highest BCUT2D eigenvalue weighted by Crippen LogP contribution is 2.39. The second kappa shape index (κ2) is 5.47. The van der Waals surface area contributed by atoms with Gasteiger partial charge in [-0.15, -0.1) is 5.10 Å². The maximum Gasteiger partial charge on any atom is 0.241 e. The van der Waals surface area contributed by atoms with Gasteiger partial charge in [0.25, 0.3) is 0 Å². The Labute approximate surface area is 142 Å². The molecule has 0 bridgehead atoms. The fourth-order valence-corrected chi connectivity index (χ4v) is 3.17. The van der Waals surface area contributed by atoms with Crippen LogP contribution in [0.1, 0.15) is 29.8 Å². The second-order valence-electron chi connectivity index (χ2n) is 5.38. The molecule has 3 aromatic rings. The van der Waals surface area contributed by atoms with Crippen LogP contribution in [0.25, 0.3) is 0 Å². The van der Waals surface area contributed by atoms with Gasteiger partial charge in [-0.05, 0) is 29.8 Å². The summed E-state index contributed by atoms with van der Waals surface area (Å²) in [6.07, 6.45) is 2.37. The molecule has 6 nitrogen and oxygen atoms in total. The summed E-state index contributed by atoms with van der Waals surface area (Å²) in [6, 6.07) is 9.27. The Morgan fingerprint density at radius 1 is 1.26 bits per heavy atom. The molecular weight excluding hydrogens is 337 g/mol. The molecule has 0 amide bonds. The average Bonchev–Trinajstić information content (AvgIpc) is 3.17. The Balaban J connectivity index is 1.75. The van der Waals surface area contributed by atoms with Gasteiger partial charge in [-0.1, -0.05) is 29.3 Å². The largest absolute Gasteiger partial charge is 0.467 e. The predicted molar refractivity (Wildman–Crippen MR) is 88.7 cm³/mol. The summed E-state index contributed by atoms with van der Waals surface area (Å²) in [5, 5.41) is 8.65. The number of furan rings is 1. The number of nitrogens with one attached hydrogen (secondary N) is 1. The Hall–Kier alpha value is -2.18. The molecule has 118 valence electrons. The molecule has 1 aliphatic rings. The van der Waals surface area contributed by atoms with Crippen LogP contribution in [0.15, 0.2) is 41.0 Å². The van der Waals surface area contributed by atoms with Gasteiger partial charge < -0.3 is 15.5 Å². The smallest absolute Gasteiger partial charge is 0.241 e. The van der Waals surface area contributed by atoms with E-state index < -0.39 is 0 Å². The molecular formula is C15H13Cl2N5O. The first-order valence-electron chi connectivity index (χ1n) is 7.08. The third-order valence-corrected chi connectivity index (χ3v) is 4.66. The van der Waals surface area contributed by atoms with E-state index in [0.29, 0.717) is 16.0 Å². The zero-order valence-electron chi connectivity index (χ0n) is 11.9. The number of halogens is 2. The summed E-state index contributed by atoms with van der Waals surface area (Å²) in [6.45, 7) is 0. The van der Waals surface area contributed by atoms with Crippen molar-refractivity contribution in [1.29, 1.82) is 0 Å². The molecule has 0 saturated carbocycles. The SMILES string of the molecule is Nc1nc2n(n1)[C@@H](c1ccco1)C[C@@H](c1ccc(Cl)c(Cl)c1)N2. The third kappa shape index (κ3) is 2.54. The highest BCUT2D eigenvalue weighted by molar-refractivity contribution is 6.42. The van der Waals surface area contributed by atoms with Crippen LogP contribution in [0.5, 0.6) is 0 Å². The lowest BCUT2D eigenvalue weighted by Crippen LogP contribution is -2.27. The van der Waals surface area contributed by atoms with E-state index in [9.17, 15) is 0 Å². The van der Waals surface area contributed by atoms with Gasteiger partial charge in [-0.3, -0.25) is 0 Å². The first kappa shape index (κ1) is 14.4. The molecule has 1 aromatic carbocycles. The lowest BCUT2D eigenvalue weighted by Gasteiger charge is -2.30. The lowest BCUT2D eigenvalue weighted by molar-refractivity contribution is 0.359. The van der Waals surface area contributed by atoms with Crippen LogP contribution in [0, 0.1) is 0 Å². The van der Waals surface area contributed by atoms with Gasteiger partial charge in [0.15, 0.2) is 0 Å². The van der Waals surface area contributed by atoms with E-state index in [-0.39, 0.29) is 18.0 Å². The van der Waals surface area contributed by atoms with Crippen molar-refractivity contribution in [3.05, 3.63) is 58.0 Å². The Bertz CT molecular complexity index is 846. The van der Waals surface area contributed by atoms with Crippen LogP contribution < -0.4 is 11.1 Å². The summed E-state index contributed by atoms with van der Waals surface area (Å²) in [5.74, 6) is 1.63. The van der Waals surface area contributed by atoms with Gasteiger partial charge in [0.1, 0.15) is 11.8 Å². The summed E-state index contributed by atoms with van der Waals surface area (Å²) in [5.41, 5.74) is 6.77. The number of nitrogen functional groups attached to an aromatic ring is 1. The molecule has 0 spiro atoms. The highest BCUT2D eigenvalue weighted by Gasteiger charge is 2.32. The molecule has 3 heterocycles. The zero-order chi connectivity index (χ0) is 16.0. The average molecular weight is 350 g/mol. The van der Waals surface area contributed by atoms with Gasteiger partial charge in [0, 0.05) is 6.42 Å². The van der Waals surface area contributed by atoms with Crippen molar-refractivity contribution in [3.8, 4) is 0 Å². The number of anilines is 2. The molecule has 1 aliphatic heterocycles. The number of aromatic nitrogens is 3. The quantitative estimate of drug-likeness (QED) is 0.732. The van der Waals surface area contributed by atoms with Gasteiger partial charge >= 0.3 is 0 Å². The minimum atomic E-state index is -0.0921. The fourth-order valence-electron chi connectivity index (χ4n) is 2.86. The van der Waals surface area contributed by atoms with E-state index in [1.54, 1.807) is 17.0 Å². The van der Waals surface area contributed by atoms with Crippen molar-refractivity contribution in [2.24, 2.45) is 0 Å². The Morgan fingerprint density at radius 3 is 2.87 bits per heavy atom. The Morgan fingerprint density at radius 2 is 2.13 bits per heavy atom. The van der Waals surface area contributed by atoms with Crippen molar-refractivity contribution < 1.29 is 4.42 Å². The molecule has 8 heteroatoms. The normalized spacial score (nSPS) is 20.1. The summed E-state index contributed by atoms with van der Waals surface area (Å²) >= 11 is 12.1. The molecule has 4 rings (SSSR count). The standard InChI is InChI=1S/C15H13Cl2N5O/c16-9-4-3-8(6-10(9)17)11-7-12(13-2-1-5-23-13)22-15(19-11)20-14(18)21-22/h1-6,11-12H,7H2,(H3,18,19,20,21)/t11-,12+/m0/s1. The van der Waals surface area contributed by atoms with Crippen LogP contribution >= 0.6 is 23.2 Å². The van der Waals surface area contributed by atoms with E-state index in [4.69, 9.17) is 33.4 Å². The molecule has 0 saturated heterocycles. The number of fused-ring (bicyclic) bond motifs is 1. The lowest BCUT2D eigenvalue weighted by atomic mass is 9.96. The molecule has 0 unspecified atom stereocenters. The van der Waals surface area contributed by atoms with Crippen LogP contribution in [0.4, 0.5) is 11.9 Å². The number of rotatable bonds is 2. The van der Waals surface area contributed by atoms with E-state index >= 15 is 0 Å². The van der Waals surface area contributed by atoms with E-state index in [1.165, 1.54) is 0 Å². The number of benzene rings is 1. The summed E-state index contributed by atoms with van der Waals surface area (Å²) < 4.78 is 7.31. The first-order valence-corrected chi connectivity index (χ1v) is 7.84. The highest BCUT2D eigenvalue weighted by atomic mass is 35.5. The zero-order valence-corrected chi connectivity index (χ0v) is 13.4. The predicted octanol–water partition coefficient (Wildman–Crippen LogP) is 3.91. The van der Waals surface area contributed by atoms with Gasteiger partial charge in [-0.2, -0.15) is 4.98 Å². The Kier molecular flexibility index (Phi) is 3.43. The molecule has 3 N–H and O–H groups in total. The fraction of sp³-hybridized carbons (Fsp3) is 0.200. The van der Waals surface area contributed by atoms with Crippen LogP contribution in [0.3, 0.4) is 0 Å². The maximum absolute atomic E-state index is 6.14. The second-order valence-corrected chi connectivity index (χ2v) is 6.19. The van der Waals surface area contributed by atoms with Crippen LogP contribution in [-0.4, -0.2) is 14.8 Å². The van der Waals surface area contributed by atoms with Crippen LogP contribution in [-0.2, 0) is 0 Å². The molecule has 23 heavy (non-hydrogen) atoms. The number of nitrogens with two attached hydrogens (primary N) is 1. The first-order chi connectivity index (χ1) is 11.1. The number of nitrogens with zero attached hydrogens (tertiary/aromatic N) is 3. The van der Waals surface area contributed by atoms with Gasteiger partial charge in [-0.25, -0.2) is 4.68 Å². The number of hydrogen-bond acceptors (Lipinski definition) is 5. The van der Waals surface area contributed by atoms with Crippen molar-refractivity contribution in [2.75, 3.05) is 11.1 Å². The van der Waals surface area contributed by atoms with Crippen LogP contribution in [0.2, 0.25) is 10.0 Å². The van der Waals surface area contributed by atoms with Gasteiger partial charge in [0.05, 0.1) is 22.4 Å². The van der Waals surface area contributed by atoms with E-state index in [1.807, 2.05) is 24.3 Å². The molecule has 2 aromatic heterocycles. The monoisotopic (exact) mass is 349 g/mol. The minimum Gasteiger partial charge on any atom is -0.467 e. The van der Waals surface area contributed by atoms with Crippen molar-refractivity contribution in [1.82, 2.24) is 14.8 Å². The molecule has 0 aliphatic carbocycles. The van der Waals surface area contributed by atoms with Crippen molar-refractivity contribution >= 4 is 35.1 Å². The summed E-state index contributed by atoms with van der Waals surface area (Å²) in [4.78, 5) is 4.24. The third-order valence-electron chi connectivity index (χ3n) is 3.92. The van der Waals surface area contributed by atoms with E-state index in [0.717, 1.165) is 17.7 Å².